The van der Waals surface area contributed by atoms with Crippen molar-refractivity contribution in [1.82, 2.24) is 10.2 Å². The smallest absolute Gasteiger partial charge is 0.205 e. The summed E-state index contributed by atoms with van der Waals surface area (Å²) in [4.78, 5) is 0. The van der Waals surface area contributed by atoms with Crippen molar-refractivity contribution in [2.45, 2.75) is 39.7 Å². The van der Waals surface area contributed by atoms with Crippen LogP contribution in [-0.4, -0.2) is 36.6 Å². The number of hydrogen-bond acceptors (Lipinski definition) is 6. The topological polar surface area (TPSA) is 56.3 Å². The number of ether oxygens (including phenoxy) is 2. The van der Waals surface area contributed by atoms with Crippen LogP contribution >= 0.6 is 11.3 Å². The van der Waals surface area contributed by atoms with E-state index in [0.29, 0.717) is 19.8 Å². The summed E-state index contributed by atoms with van der Waals surface area (Å²) in [6.45, 7) is 7.81. The summed E-state index contributed by atoms with van der Waals surface area (Å²) in [6.07, 6.45) is 3.36. The standard InChI is InChI=1S/C12H23N3O2S/c1-3-5-7-16-8-9-17-10-11-14-15-12(18-11)13-6-4-2/h3-10H2,1-2H3,(H,13,15). The second kappa shape index (κ2) is 10.2. The van der Waals surface area contributed by atoms with Crippen LogP contribution in [0.1, 0.15) is 38.1 Å². The van der Waals surface area contributed by atoms with Crippen molar-refractivity contribution in [1.29, 1.82) is 0 Å². The minimum absolute atomic E-state index is 0.516. The molecule has 0 radical (unpaired) electrons. The maximum absolute atomic E-state index is 5.47. The van der Waals surface area contributed by atoms with E-state index in [-0.39, 0.29) is 0 Å². The molecule has 0 saturated carbocycles. The second-order valence-corrected chi connectivity index (χ2v) is 5.01. The maximum Gasteiger partial charge on any atom is 0.205 e. The minimum Gasteiger partial charge on any atom is -0.379 e. The molecule has 0 saturated heterocycles. The lowest BCUT2D eigenvalue weighted by atomic mass is 10.4. The van der Waals surface area contributed by atoms with Crippen LogP contribution in [0.4, 0.5) is 5.13 Å². The molecule has 104 valence electrons. The Labute approximate surface area is 113 Å². The van der Waals surface area contributed by atoms with E-state index in [0.717, 1.165) is 36.1 Å². The summed E-state index contributed by atoms with van der Waals surface area (Å²) in [6, 6.07) is 0. The van der Waals surface area contributed by atoms with Crippen LogP contribution < -0.4 is 5.32 Å². The van der Waals surface area contributed by atoms with E-state index in [9.17, 15) is 0 Å². The normalized spacial score (nSPS) is 10.8. The Morgan fingerprint density at radius 3 is 2.67 bits per heavy atom. The molecule has 0 amide bonds. The summed E-state index contributed by atoms with van der Waals surface area (Å²) in [5.74, 6) is 0. The molecule has 0 bridgehead atoms. The molecule has 0 spiro atoms. The van der Waals surface area contributed by atoms with E-state index in [2.05, 4.69) is 29.4 Å². The van der Waals surface area contributed by atoms with Crippen LogP contribution in [0.5, 0.6) is 0 Å². The lowest BCUT2D eigenvalue weighted by Crippen LogP contribution is -2.05. The fourth-order valence-electron chi connectivity index (χ4n) is 1.24. The molecule has 0 aromatic carbocycles. The molecular weight excluding hydrogens is 250 g/mol. The number of rotatable bonds is 11. The summed E-state index contributed by atoms with van der Waals surface area (Å²) in [5, 5.41) is 13.1. The summed E-state index contributed by atoms with van der Waals surface area (Å²) >= 11 is 1.55. The monoisotopic (exact) mass is 273 g/mol. The third-order valence-electron chi connectivity index (χ3n) is 2.23. The van der Waals surface area contributed by atoms with Gasteiger partial charge in [0.25, 0.3) is 0 Å². The van der Waals surface area contributed by atoms with Crippen molar-refractivity contribution in [3.05, 3.63) is 5.01 Å². The van der Waals surface area contributed by atoms with Gasteiger partial charge in [0, 0.05) is 13.2 Å². The first-order valence-electron chi connectivity index (χ1n) is 6.58. The molecule has 5 nitrogen and oxygen atoms in total. The average Bonchev–Trinajstić information content (AvgIpc) is 2.83. The van der Waals surface area contributed by atoms with Gasteiger partial charge in [0.05, 0.1) is 13.2 Å². The van der Waals surface area contributed by atoms with Gasteiger partial charge in [-0.15, -0.1) is 10.2 Å². The van der Waals surface area contributed by atoms with E-state index in [1.807, 2.05) is 0 Å². The van der Waals surface area contributed by atoms with E-state index in [1.165, 1.54) is 6.42 Å². The van der Waals surface area contributed by atoms with Crippen molar-refractivity contribution in [2.75, 3.05) is 31.7 Å². The Morgan fingerprint density at radius 2 is 1.89 bits per heavy atom. The number of nitrogens with one attached hydrogen (secondary N) is 1. The largest absolute Gasteiger partial charge is 0.379 e. The molecule has 6 heteroatoms. The minimum atomic E-state index is 0.516. The highest BCUT2D eigenvalue weighted by molar-refractivity contribution is 7.15. The zero-order valence-electron chi connectivity index (χ0n) is 11.3. The zero-order valence-corrected chi connectivity index (χ0v) is 12.1. The van der Waals surface area contributed by atoms with E-state index < -0.39 is 0 Å². The molecule has 1 aromatic rings. The quantitative estimate of drug-likeness (QED) is 0.628. The number of aromatic nitrogens is 2. The fraction of sp³-hybridized carbons (Fsp3) is 0.833. The van der Waals surface area contributed by atoms with Gasteiger partial charge in [-0.25, -0.2) is 0 Å². The first kappa shape index (κ1) is 15.3. The van der Waals surface area contributed by atoms with Crippen molar-refractivity contribution >= 4 is 16.5 Å². The molecule has 0 fully saturated rings. The first-order chi connectivity index (χ1) is 8.86. The van der Waals surface area contributed by atoms with Crippen molar-refractivity contribution < 1.29 is 9.47 Å². The molecule has 0 atom stereocenters. The molecule has 0 aliphatic heterocycles. The van der Waals surface area contributed by atoms with Crippen LogP contribution in [0.2, 0.25) is 0 Å². The van der Waals surface area contributed by atoms with Crippen LogP contribution in [0.25, 0.3) is 0 Å². The molecule has 0 aliphatic carbocycles. The molecule has 1 aromatic heterocycles. The first-order valence-corrected chi connectivity index (χ1v) is 7.40. The van der Waals surface area contributed by atoms with Crippen molar-refractivity contribution in [3.8, 4) is 0 Å². The Hall–Kier alpha value is -0.720. The molecule has 1 rings (SSSR count). The van der Waals surface area contributed by atoms with Gasteiger partial charge < -0.3 is 14.8 Å². The van der Waals surface area contributed by atoms with Crippen LogP contribution in [0.15, 0.2) is 0 Å². The number of unbranched alkanes of at least 4 members (excludes halogenated alkanes) is 1. The van der Waals surface area contributed by atoms with Gasteiger partial charge in [0.15, 0.2) is 0 Å². The Kier molecular flexibility index (Phi) is 8.71. The number of nitrogens with zero attached hydrogens (tertiary/aromatic N) is 2. The van der Waals surface area contributed by atoms with Gasteiger partial charge in [-0.1, -0.05) is 31.6 Å². The van der Waals surface area contributed by atoms with Gasteiger partial charge in [-0.3, -0.25) is 0 Å². The van der Waals surface area contributed by atoms with E-state index >= 15 is 0 Å². The van der Waals surface area contributed by atoms with Gasteiger partial charge in [0.1, 0.15) is 11.6 Å². The second-order valence-electron chi connectivity index (χ2n) is 3.95. The van der Waals surface area contributed by atoms with Crippen LogP contribution in [0, 0.1) is 0 Å². The summed E-state index contributed by atoms with van der Waals surface area (Å²) in [5.41, 5.74) is 0. The van der Waals surface area contributed by atoms with Gasteiger partial charge in [-0.05, 0) is 12.8 Å². The Balaban J connectivity index is 2.03. The SMILES string of the molecule is CCCCOCCOCc1nnc(NCCC)s1. The van der Waals surface area contributed by atoms with E-state index in [1.54, 1.807) is 11.3 Å². The van der Waals surface area contributed by atoms with Crippen LogP contribution in [0.3, 0.4) is 0 Å². The predicted octanol–water partition coefficient (Wildman–Crippen LogP) is 2.69. The molecule has 0 aliphatic rings. The van der Waals surface area contributed by atoms with Crippen LogP contribution in [-0.2, 0) is 16.1 Å². The fourth-order valence-corrected chi connectivity index (χ4v) is 1.94. The molecule has 1 heterocycles. The van der Waals surface area contributed by atoms with Crippen molar-refractivity contribution in [3.63, 3.8) is 0 Å². The van der Waals surface area contributed by atoms with Gasteiger partial charge in [0.2, 0.25) is 5.13 Å². The highest BCUT2D eigenvalue weighted by Crippen LogP contribution is 2.15. The highest BCUT2D eigenvalue weighted by Gasteiger charge is 2.03. The Bertz CT molecular complexity index is 307. The summed E-state index contributed by atoms with van der Waals surface area (Å²) < 4.78 is 10.9. The third kappa shape index (κ3) is 6.88. The molecular formula is C12H23N3O2S. The zero-order chi connectivity index (χ0) is 13.1. The molecule has 1 N–H and O–H groups in total. The number of anilines is 1. The predicted molar refractivity (Wildman–Crippen MR) is 74.1 cm³/mol. The third-order valence-corrected chi connectivity index (χ3v) is 3.09. The molecule has 0 unspecified atom stereocenters. The Morgan fingerprint density at radius 1 is 1.06 bits per heavy atom. The van der Waals surface area contributed by atoms with Gasteiger partial charge >= 0.3 is 0 Å². The highest BCUT2D eigenvalue weighted by atomic mass is 32.1. The summed E-state index contributed by atoms with van der Waals surface area (Å²) in [7, 11) is 0. The lowest BCUT2D eigenvalue weighted by molar-refractivity contribution is 0.0394. The van der Waals surface area contributed by atoms with Gasteiger partial charge in [-0.2, -0.15) is 0 Å². The van der Waals surface area contributed by atoms with E-state index in [4.69, 9.17) is 9.47 Å². The maximum atomic E-state index is 5.47. The molecule has 18 heavy (non-hydrogen) atoms. The number of hydrogen-bond donors (Lipinski definition) is 1. The lowest BCUT2D eigenvalue weighted by Gasteiger charge is -2.03. The van der Waals surface area contributed by atoms with Crippen molar-refractivity contribution in [2.24, 2.45) is 0 Å². The average molecular weight is 273 g/mol.